The summed E-state index contributed by atoms with van der Waals surface area (Å²) in [4.78, 5) is 17.0. The van der Waals surface area contributed by atoms with Gasteiger partial charge in [-0.2, -0.15) is 18.3 Å². The average molecular weight is 423 g/mol. The lowest BCUT2D eigenvalue weighted by Crippen LogP contribution is -2.52. The summed E-state index contributed by atoms with van der Waals surface area (Å²) >= 11 is 0. The molecule has 0 radical (unpaired) electrons. The highest BCUT2D eigenvalue weighted by Gasteiger charge is 2.30. The summed E-state index contributed by atoms with van der Waals surface area (Å²) in [5.41, 5.74) is 0.221. The number of piperazine rings is 1. The number of hydrogen-bond acceptors (Lipinski definition) is 4. The fourth-order valence-electron chi connectivity index (χ4n) is 3.59. The van der Waals surface area contributed by atoms with E-state index in [9.17, 15) is 18.0 Å². The lowest BCUT2D eigenvalue weighted by molar-refractivity contribution is -0.137. The number of aromatic nitrogens is 2. The number of hydrogen-bond donors (Lipinski definition) is 1. The molecule has 2 aromatic rings. The van der Waals surface area contributed by atoms with Crippen LogP contribution in [0.4, 0.5) is 19.0 Å². The molecule has 0 saturated carbocycles. The third-order valence-electron chi connectivity index (χ3n) is 5.43. The van der Waals surface area contributed by atoms with Crippen LogP contribution in [0.1, 0.15) is 37.9 Å². The van der Waals surface area contributed by atoms with Crippen LogP contribution < -0.4 is 5.32 Å². The molecule has 6 nitrogen and oxygen atoms in total. The van der Waals surface area contributed by atoms with Gasteiger partial charge in [-0.05, 0) is 38.5 Å². The summed E-state index contributed by atoms with van der Waals surface area (Å²) in [5, 5.41) is 7.18. The maximum atomic E-state index is 12.7. The van der Waals surface area contributed by atoms with E-state index < -0.39 is 11.7 Å². The molecule has 9 heteroatoms. The van der Waals surface area contributed by atoms with Crippen LogP contribution in [0.15, 0.2) is 36.5 Å². The van der Waals surface area contributed by atoms with E-state index >= 15 is 0 Å². The Bertz CT molecular complexity index is 839. The Hall–Kier alpha value is -2.39. The number of benzene rings is 1. The zero-order chi connectivity index (χ0) is 21.9. The molecule has 1 aliphatic heterocycles. The molecular weight excluding hydrogens is 395 g/mol. The van der Waals surface area contributed by atoms with Gasteiger partial charge in [-0.15, -0.1) is 0 Å². The Labute approximate surface area is 174 Å². The van der Waals surface area contributed by atoms with Gasteiger partial charge < -0.3 is 5.32 Å². The van der Waals surface area contributed by atoms with Crippen LogP contribution >= 0.6 is 0 Å². The lowest BCUT2D eigenvalue weighted by Gasteiger charge is -2.37. The van der Waals surface area contributed by atoms with Gasteiger partial charge in [0.05, 0.1) is 17.8 Å². The van der Waals surface area contributed by atoms with E-state index in [1.54, 1.807) is 16.9 Å². The van der Waals surface area contributed by atoms with Crippen LogP contribution in [0, 0.1) is 0 Å². The van der Waals surface area contributed by atoms with Crippen molar-refractivity contribution in [2.24, 2.45) is 0 Å². The maximum absolute atomic E-state index is 12.7. The quantitative estimate of drug-likeness (QED) is 0.771. The SMILES string of the molecule is CC(C(=O)Nc1ccnn1C(C)C)N1CCN(Cc2ccc(C(F)(F)F)cc2)CC1. The molecule has 1 saturated heterocycles. The first-order valence-electron chi connectivity index (χ1n) is 10.1. The minimum atomic E-state index is -4.31. The molecule has 1 atom stereocenters. The lowest BCUT2D eigenvalue weighted by atomic mass is 10.1. The van der Waals surface area contributed by atoms with Crippen LogP contribution in [0.25, 0.3) is 0 Å². The van der Waals surface area contributed by atoms with E-state index in [1.165, 1.54) is 12.1 Å². The molecule has 30 heavy (non-hydrogen) atoms. The summed E-state index contributed by atoms with van der Waals surface area (Å²) in [6.07, 6.45) is -2.64. The molecule has 164 valence electrons. The smallest absolute Gasteiger partial charge is 0.310 e. The number of nitrogens with zero attached hydrogens (tertiary/aromatic N) is 4. The summed E-state index contributed by atoms with van der Waals surface area (Å²) < 4.78 is 39.8. The van der Waals surface area contributed by atoms with Crippen LogP contribution in [0.2, 0.25) is 0 Å². The minimum Gasteiger partial charge on any atom is -0.310 e. The van der Waals surface area contributed by atoms with E-state index in [0.29, 0.717) is 12.4 Å². The molecule has 1 unspecified atom stereocenters. The highest BCUT2D eigenvalue weighted by Crippen LogP contribution is 2.29. The Balaban J connectivity index is 1.49. The number of rotatable bonds is 6. The van der Waals surface area contributed by atoms with Crippen molar-refractivity contribution in [3.05, 3.63) is 47.7 Å². The van der Waals surface area contributed by atoms with Gasteiger partial charge in [-0.1, -0.05) is 12.1 Å². The Morgan fingerprint density at radius 3 is 2.27 bits per heavy atom. The molecule has 1 N–H and O–H groups in total. The molecule has 3 rings (SSSR count). The van der Waals surface area contributed by atoms with Crippen molar-refractivity contribution in [3.8, 4) is 0 Å². The molecule has 1 amide bonds. The Kier molecular flexibility index (Phi) is 6.82. The average Bonchev–Trinajstić information content (AvgIpc) is 3.16. The van der Waals surface area contributed by atoms with Crippen molar-refractivity contribution in [2.45, 2.75) is 45.6 Å². The van der Waals surface area contributed by atoms with E-state index in [4.69, 9.17) is 0 Å². The Morgan fingerprint density at radius 1 is 1.07 bits per heavy atom. The number of anilines is 1. The van der Waals surface area contributed by atoms with Crippen LogP contribution in [0.3, 0.4) is 0 Å². The normalized spacial score (nSPS) is 17.3. The fourth-order valence-corrected chi connectivity index (χ4v) is 3.59. The van der Waals surface area contributed by atoms with Crippen LogP contribution in [-0.4, -0.2) is 57.7 Å². The van der Waals surface area contributed by atoms with Crippen molar-refractivity contribution in [1.29, 1.82) is 0 Å². The fraction of sp³-hybridized carbons (Fsp3) is 0.524. The second-order valence-corrected chi connectivity index (χ2v) is 7.93. The summed E-state index contributed by atoms with van der Waals surface area (Å²) in [6.45, 7) is 9.43. The van der Waals surface area contributed by atoms with Gasteiger partial charge in [-0.25, -0.2) is 4.68 Å². The maximum Gasteiger partial charge on any atom is 0.416 e. The van der Waals surface area contributed by atoms with Gasteiger partial charge >= 0.3 is 6.18 Å². The van der Waals surface area contributed by atoms with Gasteiger partial charge in [-0.3, -0.25) is 14.6 Å². The van der Waals surface area contributed by atoms with Crippen LogP contribution in [0.5, 0.6) is 0 Å². The Morgan fingerprint density at radius 2 is 1.70 bits per heavy atom. The number of carbonyl (C=O) groups excluding carboxylic acids is 1. The monoisotopic (exact) mass is 423 g/mol. The standard InChI is InChI=1S/C21H28F3N5O/c1-15(2)29-19(8-9-25-29)26-20(30)16(3)28-12-10-27(11-13-28)14-17-4-6-18(7-5-17)21(22,23)24/h4-9,15-16H,10-14H2,1-3H3,(H,26,30). The largest absolute Gasteiger partial charge is 0.416 e. The first kappa shape index (κ1) is 22.3. The summed E-state index contributed by atoms with van der Waals surface area (Å²) in [7, 11) is 0. The second kappa shape index (κ2) is 9.18. The van der Waals surface area contributed by atoms with Crippen molar-refractivity contribution in [2.75, 3.05) is 31.5 Å². The molecule has 1 fully saturated rings. The third-order valence-corrected chi connectivity index (χ3v) is 5.43. The highest BCUT2D eigenvalue weighted by atomic mass is 19.4. The van der Waals surface area contributed by atoms with E-state index in [-0.39, 0.29) is 18.0 Å². The number of nitrogens with one attached hydrogen (secondary N) is 1. The van der Waals surface area contributed by atoms with Crippen molar-refractivity contribution in [3.63, 3.8) is 0 Å². The van der Waals surface area contributed by atoms with Gasteiger partial charge in [0.2, 0.25) is 5.91 Å². The van der Waals surface area contributed by atoms with E-state index in [0.717, 1.165) is 43.9 Å². The molecule has 1 aliphatic rings. The number of alkyl halides is 3. The van der Waals surface area contributed by atoms with Gasteiger partial charge in [0.25, 0.3) is 0 Å². The number of amides is 1. The summed E-state index contributed by atoms with van der Waals surface area (Å²) in [6, 6.07) is 6.96. The van der Waals surface area contributed by atoms with Crippen LogP contribution in [-0.2, 0) is 17.5 Å². The zero-order valence-corrected chi connectivity index (χ0v) is 17.5. The molecule has 1 aromatic heterocycles. The zero-order valence-electron chi connectivity index (χ0n) is 17.5. The molecule has 0 spiro atoms. The topological polar surface area (TPSA) is 53.4 Å². The van der Waals surface area contributed by atoms with Gasteiger partial charge in [0, 0.05) is 44.8 Å². The minimum absolute atomic E-state index is 0.0754. The molecule has 0 aliphatic carbocycles. The predicted molar refractivity (Wildman–Crippen MR) is 109 cm³/mol. The van der Waals surface area contributed by atoms with E-state index in [1.807, 2.05) is 20.8 Å². The van der Waals surface area contributed by atoms with Gasteiger partial charge in [0.15, 0.2) is 0 Å². The second-order valence-electron chi connectivity index (χ2n) is 7.93. The number of halogens is 3. The van der Waals surface area contributed by atoms with Crippen molar-refractivity contribution < 1.29 is 18.0 Å². The van der Waals surface area contributed by atoms with Gasteiger partial charge in [0.1, 0.15) is 5.82 Å². The van der Waals surface area contributed by atoms with Crippen molar-refractivity contribution in [1.82, 2.24) is 19.6 Å². The molecule has 2 heterocycles. The third kappa shape index (κ3) is 5.40. The first-order chi connectivity index (χ1) is 14.1. The first-order valence-corrected chi connectivity index (χ1v) is 10.1. The predicted octanol–water partition coefficient (Wildman–Crippen LogP) is 3.63. The number of carbonyl (C=O) groups is 1. The molecule has 0 bridgehead atoms. The van der Waals surface area contributed by atoms with Crippen molar-refractivity contribution >= 4 is 11.7 Å². The molecule has 1 aromatic carbocycles. The van der Waals surface area contributed by atoms with E-state index in [2.05, 4.69) is 20.2 Å². The summed E-state index contributed by atoms with van der Waals surface area (Å²) in [5.74, 6) is 0.608. The molecular formula is C21H28F3N5O. The highest BCUT2D eigenvalue weighted by molar-refractivity contribution is 5.93.